The first-order valence-corrected chi connectivity index (χ1v) is 7.76. The monoisotopic (exact) mass is 233 g/mol. The van der Waals surface area contributed by atoms with Crippen molar-refractivity contribution in [2.24, 2.45) is 16.5 Å². The minimum Gasteiger partial charge on any atom is -0.393 e. The van der Waals surface area contributed by atoms with Crippen LogP contribution in [0.15, 0.2) is 4.99 Å². The van der Waals surface area contributed by atoms with Gasteiger partial charge in [-0.2, -0.15) is 0 Å². The molecular formula is C9H23N3O2Si. The molecule has 1 unspecified atom stereocenters. The summed E-state index contributed by atoms with van der Waals surface area (Å²) in [6, 6.07) is 0. The average molecular weight is 233 g/mol. The Balaban J connectivity index is 4.75. The minimum absolute atomic E-state index is 0.0394. The minimum atomic E-state index is -2.29. The van der Waals surface area contributed by atoms with Gasteiger partial charge in [-0.1, -0.05) is 6.92 Å². The number of nitrogens with zero attached hydrogens (tertiary/aromatic N) is 1. The maximum atomic E-state index is 5.72. The van der Waals surface area contributed by atoms with Crippen LogP contribution in [0.1, 0.15) is 27.2 Å². The molecule has 0 radical (unpaired) electrons. The van der Waals surface area contributed by atoms with E-state index in [0.29, 0.717) is 13.2 Å². The van der Waals surface area contributed by atoms with Crippen LogP contribution in [0, 0.1) is 0 Å². The molecule has 0 aliphatic heterocycles. The standard InChI is InChI=1S/C9H23N3O2Si/c1-5-8(12-9(10)11)15(4,13-6-2)14-7-3/h8H,5-7H2,1-4H3,(H4,10,11,12). The molecule has 0 heterocycles. The molecule has 6 heteroatoms. The summed E-state index contributed by atoms with van der Waals surface area (Å²) in [6.07, 6.45) is 0.820. The summed E-state index contributed by atoms with van der Waals surface area (Å²) in [4.78, 5) is 4.19. The third-order valence-electron chi connectivity index (χ3n) is 2.16. The number of nitrogens with two attached hydrogens (primary N) is 2. The lowest BCUT2D eigenvalue weighted by molar-refractivity contribution is 0.179. The lowest BCUT2D eigenvalue weighted by atomic mass is 10.5. The molecule has 0 rings (SSSR count). The highest BCUT2D eigenvalue weighted by Gasteiger charge is 2.40. The summed E-state index contributed by atoms with van der Waals surface area (Å²) in [5.74, 6) is 0.0972. The van der Waals surface area contributed by atoms with E-state index in [4.69, 9.17) is 20.3 Å². The molecule has 1 atom stereocenters. The molecule has 0 aromatic rings. The van der Waals surface area contributed by atoms with Gasteiger partial charge in [-0.3, -0.25) is 0 Å². The van der Waals surface area contributed by atoms with E-state index in [1.165, 1.54) is 0 Å². The summed E-state index contributed by atoms with van der Waals surface area (Å²) in [5, 5.41) is 0. The first-order chi connectivity index (χ1) is 7.00. The van der Waals surface area contributed by atoms with Gasteiger partial charge in [0.25, 0.3) is 0 Å². The summed E-state index contributed by atoms with van der Waals surface area (Å²) in [6.45, 7) is 9.18. The quantitative estimate of drug-likeness (QED) is 0.386. The fourth-order valence-electron chi connectivity index (χ4n) is 1.57. The van der Waals surface area contributed by atoms with E-state index in [1.807, 2.05) is 27.3 Å². The van der Waals surface area contributed by atoms with Crippen molar-refractivity contribution in [3.8, 4) is 0 Å². The zero-order valence-corrected chi connectivity index (χ0v) is 11.1. The molecule has 0 aromatic heterocycles. The molecule has 0 bridgehead atoms. The van der Waals surface area contributed by atoms with Gasteiger partial charge in [0.05, 0.1) is 5.67 Å². The Labute approximate surface area is 93.1 Å². The van der Waals surface area contributed by atoms with Gasteiger partial charge in [0.2, 0.25) is 0 Å². The van der Waals surface area contributed by atoms with Crippen molar-refractivity contribution in [1.29, 1.82) is 0 Å². The van der Waals surface area contributed by atoms with Crippen molar-refractivity contribution in [3.63, 3.8) is 0 Å². The molecule has 0 saturated heterocycles. The molecule has 15 heavy (non-hydrogen) atoms. The van der Waals surface area contributed by atoms with Crippen LogP contribution in [0.25, 0.3) is 0 Å². The molecule has 0 aliphatic rings. The highest BCUT2D eigenvalue weighted by Crippen LogP contribution is 2.18. The van der Waals surface area contributed by atoms with Crippen LogP contribution in [0.2, 0.25) is 6.55 Å². The maximum Gasteiger partial charge on any atom is 0.360 e. The summed E-state index contributed by atoms with van der Waals surface area (Å²) >= 11 is 0. The van der Waals surface area contributed by atoms with Gasteiger partial charge in [0.1, 0.15) is 0 Å². The van der Waals surface area contributed by atoms with Gasteiger partial charge in [-0.05, 0) is 26.8 Å². The number of rotatable bonds is 7. The van der Waals surface area contributed by atoms with Gasteiger partial charge in [0, 0.05) is 13.2 Å². The Morgan fingerprint density at radius 2 is 1.67 bits per heavy atom. The van der Waals surface area contributed by atoms with E-state index in [0.717, 1.165) is 6.42 Å². The van der Waals surface area contributed by atoms with Gasteiger partial charge in [-0.25, -0.2) is 4.99 Å². The number of hydrogen-bond donors (Lipinski definition) is 2. The zero-order chi connectivity index (χ0) is 11.9. The summed E-state index contributed by atoms with van der Waals surface area (Å²) in [7, 11) is -2.29. The van der Waals surface area contributed by atoms with E-state index < -0.39 is 8.56 Å². The lowest BCUT2D eigenvalue weighted by Gasteiger charge is -2.30. The highest BCUT2D eigenvalue weighted by atomic mass is 28.4. The van der Waals surface area contributed by atoms with E-state index in [1.54, 1.807) is 0 Å². The third-order valence-corrected chi connectivity index (χ3v) is 5.63. The highest BCUT2D eigenvalue weighted by molar-refractivity contribution is 6.67. The van der Waals surface area contributed by atoms with Crippen molar-refractivity contribution in [1.82, 2.24) is 0 Å². The van der Waals surface area contributed by atoms with Crippen LogP contribution >= 0.6 is 0 Å². The Morgan fingerprint density at radius 1 is 1.20 bits per heavy atom. The molecule has 0 amide bonds. The zero-order valence-electron chi connectivity index (χ0n) is 10.1. The molecule has 0 saturated carbocycles. The Hall–Kier alpha value is -0.593. The van der Waals surface area contributed by atoms with Crippen LogP contribution in [-0.2, 0) is 8.85 Å². The SMILES string of the molecule is CCO[Si](C)(OCC)C(CC)N=C(N)N. The van der Waals surface area contributed by atoms with Gasteiger partial charge in [-0.15, -0.1) is 0 Å². The number of hydrogen-bond acceptors (Lipinski definition) is 3. The fourth-order valence-corrected chi connectivity index (χ4v) is 4.31. The van der Waals surface area contributed by atoms with E-state index in [9.17, 15) is 0 Å². The molecule has 90 valence electrons. The smallest absolute Gasteiger partial charge is 0.360 e. The summed E-state index contributed by atoms with van der Waals surface area (Å²) < 4.78 is 11.4. The van der Waals surface area contributed by atoms with Crippen molar-refractivity contribution in [3.05, 3.63) is 0 Å². The first kappa shape index (κ1) is 14.4. The third kappa shape index (κ3) is 4.63. The Kier molecular flexibility index (Phi) is 6.54. The molecule has 0 aliphatic carbocycles. The maximum absolute atomic E-state index is 5.72. The van der Waals surface area contributed by atoms with Crippen molar-refractivity contribution in [2.45, 2.75) is 39.4 Å². The van der Waals surface area contributed by atoms with Crippen LogP contribution in [0.3, 0.4) is 0 Å². The van der Waals surface area contributed by atoms with Crippen LogP contribution in [0.4, 0.5) is 0 Å². The predicted molar refractivity (Wildman–Crippen MR) is 64.8 cm³/mol. The van der Waals surface area contributed by atoms with Gasteiger partial charge >= 0.3 is 8.56 Å². The largest absolute Gasteiger partial charge is 0.393 e. The van der Waals surface area contributed by atoms with Crippen molar-refractivity contribution in [2.75, 3.05) is 13.2 Å². The van der Waals surface area contributed by atoms with Crippen molar-refractivity contribution < 1.29 is 8.85 Å². The second kappa shape index (κ2) is 6.81. The van der Waals surface area contributed by atoms with Crippen LogP contribution in [-0.4, -0.2) is 33.4 Å². The van der Waals surface area contributed by atoms with Crippen LogP contribution in [0.5, 0.6) is 0 Å². The molecule has 0 aromatic carbocycles. The molecule has 4 N–H and O–H groups in total. The second-order valence-corrected chi connectivity index (χ2v) is 6.64. The second-order valence-electron chi connectivity index (χ2n) is 3.36. The Morgan fingerprint density at radius 3 is 1.93 bits per heavy atom. The predicted octanol–water partition coefficient (Wildman–Crippen LogP) is 0.723. The molecule has 0 fully saturated rings. The topological polar surface area (TPSA) is 82.9 Å². The first-order valence-electron chi connectivity index (χ1n) is 5.36. The number of guanidine groups is 1. The molecule has 0 spiro atoms. The fraction of sp³-hybridized carbons (Fsp3) is 0.889. The number of aliphatic imine (C=N–C) groups is 1. The molecular weight excluding hydrogens is 210 g/mol. The Bertz CT molecular complexity index is 202. The van der Waals surface area contributed by atoms with E-state index >= 15 is 0 Å². The average Bonchev–Trinajstić information content (AvgIpc) is 2.14. The lowest BCUT2D eigenvalue weighted by Crippen LogP contribution is -2.51. The van der Waals surface area contributed by atoms with Gasteiger partial charge < -0.3 is 20.3 Å². The van der Waals surface area contributed by atoms with Crippen LogP contribution < -0.4 is 11.5 Å². The summed E-state index contributed by atoms with van der Waals surface area (Å²) in [5.41, 5.74) is 10.8. The van der Waals surface area contributed by atoms with E-state index in [-0.39, 0.29) is 11.6 Å². The van der Waals surface area contributed by atoms with Gasteiger partial charge in [0.15, 0.2) is 5.96 Å². The molecule has 5 nitrogen and oxygen atoms in total. The van der Waals surface area contributed by atoms with Crippen molar-refractivity contribution >= 4 is 14.5 Å². The normalized spacial score (nSPS) is 13.6. The van der Waals surface area contributed by atoms with E-state index in [2.05, 4.69) is 4.99 Å².